The summed E-state index contributed by atoms with van der Waals surface area (Å²) in [5.41, 5.74) is 0.628. The smallest absolute Gasteiger partial charge is 0.410 e. The zero-order chi connectivity index (χ0) is 24.1. The van der Waals surface area contributed by atoms with E-state index in [1.54, 1.807) is 11.1 Å². The summed E-state index contributed by atoms with van der Waals surface area (Å²) in [5, 5.41) is 5.64. The van der Waals surface area contributed by atoms with Crippen LogP contribution in [0.15, 0.2) is 24.4 Å². The average molecular weight is 486 g/mol. The molecule has 34 heavy (non-hydrogen) atoms. The summed E-state index contributed by atoms with van der Waals surface area (Å²) in [4.78, 5) is 31.3. The molecule has 2 unspecified atom stereocenters. The molecule has 0 radical (unpaired) electrons. The largest absolute Gasteiger partial charge is 0.444 e. The molecule has 1 N–H and O–H groups in total. The van der Waals surface area contributed by atoms with Gasteiger partial charge in [-0.05, 0) is 81.5 Å². The second kappa shape index (κ2) is 8.68. The number of hydrogen-bond donors (Lipinski definition) is 1. The maximum atomic E-state index is 12.7. The third-order valence-electron chi connectivity index (χ3n) is 7.32. The standard InChI is InChI=1S/C26H32ClN3O4/c1-25(2,3)34-24(32)30-7-4-16(5-8-30)19-10-17-12-22(28-14-18(17)11-21(19)27)29-23(31)20-13-26(20)6-9-33-15-26/h10-12,14,16,20H,4-9,13,15H2,1-3H3,(H,28,29,31). The van der Waals surface area contributed by atoms with Gasteiger partial charge in [-0.1, -0.05) is 11.6 Å². The SMILES string of the molecule is CC(C)(C)OC(=O)N1CCC(c2cc3cc(NC(=O)C4CC45CCOC5)ncc3cc2Cl)CC1. The van der Waals surface area contributed by atoms with Gasteiger partial charge in [0.25, 0.3) is 0 Å². The molecule has 7 nitrogen and oxygen atoms in total. The molecule has 3 fully saturated rings. The highest BCUT2D eigenvalue weighted by molar-refractivity contribution is 6.32. The number of piperidine rings is 1. The number of ether oxygens (including phenoxy) is 2. The maximum Gasteiger partial charge on any atom is 0.410 e. The van der Waals surface area contributed by atoms with Gasteiger partial charge in [-0.3, -0.25) is 4.79 Å². The highest BCUT2D eigenvalue weighted by Crippen LogP contribution is 2.58. The second-order valence-corrected chi connectivity index (χ2v) is 11.4. The summed E-state index contributed by atoms with van der Waals surface area (Å²) in [6.07, 6.45) is 5.01. The average Bonchev–Trinajstić information content (AvgIpc) is 3.29. The van der Waals surface area contributed by atoms with Gasteiger partial charge in [-0.25, -0.2) is 9.78 Å². The van der Waals surface area contributed by atoms with Crippen molar-refractivity contribution < 1.29 is 19.1 Å². The zero-order valence-electron chi connectivity index (χ0n) is 20.0. The van der Waals surface area contributed by atoms with Crippen molar-refractivity contribution in [3.05, 3.63) is 35.0 Å². The van der Waals surface area contributed by atoms with Crippen molar-refractivity contribution in [3.63, 3.8) is 0 Å². The fourth-order valence-corrected chi connectivity index (χ4v) is 5.58. The Morgan fingerprint density at radius 1 is 1.21 bits per heavy atom. The van der Waals surface area contributed by atoms with Gasteiger partial charge in [-0.2, -0.15) is 0 Å². The molecule has 2 aliphatic heterocycles. The maximum absolute atomic E-state index is 12.7. The molecule has 8 heteroatoms. The van der Waals surface area contributed by atoms with Gasteiger partial charge in [0.05, 0.1) is 6.61 Å². The van der Waals surface area contributed by atoms with E-state index in [-0.39, 0.29) is 29.3 Å². The van der Waals surface area contributed by atoms with Gasteiger partial charge in [0.2, 0.25) is 5.91 Å². The number of amides is 2. The first kappa shape index (κ1) is 23.4. The van der Waals surface area contributed by atoms with E-state index in [1.807, 2.05) is 32.9 Å². The molecule has 2 amide bonds. The molecule has 2 atom stereocenters. The Morgan fingerprint density at radius 2 is 1.97 bits per heavy atom. The number of nitrogens with one attached hydrogen (secondary N) is 1. The monoisotopic (exact) mass is 485 g/mol. The molecule has 3 aliphatic rings. The molecule has 1 aromatic heterocycles. The van der Waals surface area contributed by atoms with Gasteiger partial charge in [0.15, 0.2) is 0 Å². The van der Waals surface area contributed by atoms with E-state index in [4.69, 9.17) is 21.1 Å². The number of carbonyl (C=O) groups is 2. The van der Waals surface area contributed by atoms with Crippen LogP contribution in [0.5, 0.6) is 0 Å². The summed E-state index contributed by atoms with van der Waals surface area (Å²) in [6.45, 7) is 8.34. The number of fused-ring (bicyclic) bond motifs is 1. The molecule has 182 valence electrons. The Labute approximate surface area is 205 Å². The van der Waals surface area contributed by atoms with Crippen molar-refractivity contribution in [2.75, 3.05) is 31.6 Å². The van der Waals surface area contributed by atoms with E-state index >= 15 is 0 Å². The van der Waals surface area contributed by atoms with Crippen LogP contribution in [-0.2, 0) is 14.3 Å². The van der Waals surface area contributed by atoms with Crippen LogP contribution < -0.4 is 5.32 Å². The van der Waals surface area contributed by atoms with Crippen LogP contribution in [0.25, 0.3) is 10.8 Å². The molecular weight excluding hydrogens is 454 g/mol. The number of pyridine rings is 1. The number of carbonyl (C=O) groups excluding carboxylic acids is 2. The minimum absolute atomic E-state index is 0.0171. The zero-order valence-corrected chi connectivity index (χ0v) is 20.8. The van der Waals surface area contributed by atoms with Gasteiger partial charge >= 0.3 is 6.09 Å². The third-order valence-corrected chi connectivity index (χ3v) is 7.64. The number of halogens is 1. The van der Waals surface area contributed by atoms with Crippen LogP contribution >= 0.6 is 11.6 Å². The molecular formula is C26H32ClN3O4. The van der Waals surface area contributed by atoms with Crippen LogP contribution in [0.4, 0.5) is 10.6 Å². The van der Waals surface area contributed by atoms with E-state index in [1.165, 1.54) is 0 Å². The molecule has 2 aromatic rings. The molecule has 1 aromatic carbocycles. The van der Waals surface area contributed by atoms with E-state index in [0.717, 1.165) is 48.6 Å². The first-order valence-electron chi connectivity index (χ1n) is 12.1. The van der Waals surface area contributed by atoms with Crippen molar-refractivity contribution in [3.8, 4) is 0 Å². The minimum Gasteiger partial charge on any atom is -0.444 e. The van der Waals surface area contributed by atoms with Crippen LogP contribution in [0, 0.1) is 11.3 Å². The van der Waals surface area contributed by atoms with Crippen LogP contribution in [-0.4, -0.2) is 53.8 Å². The number of benzene rings is 1. The van der Waals surface area contributed by atoms with Crippen LogP contribution in [0.2, 0.25) is 5.02 Å². The molecule has 2 saturated heterocycles. The van der Waals surface area contributed by atoms with Gasteiger partial charge in [0, 0.05) is 47.6 Å². The Kier molecular flexibility index (Phi) is 5.97. The second-order valence-electron chi connectivity index (χ2n) is 10.9. The first-order valence-corrected chi connectivity index (χ1v) is 12.5. The van der Waals surface area contributed by atoms with Crippen molar-refractivity contribution in [2.24, 2.45) is 11.3 Å². The number of likely N-dealkylation sites (tertiary alicyclic amines) is 1. The lowest BCUT2D eigenvalue weighted by Gasteiger charge is -2.34. The lowest BCUT2D eigenvalue weighted by atomic mass is 9.88. The highest BCUT2D eigenvalue weighted by Gasteiger charge is 2.59. The Bertz CT molecular complexity index is 1110. The molecule has 0 bridgehead atoms. The topological polar surface area (TPSA) is 80.8 Å². The Balaban J connectivity index is 1.27. The predicted molar refractivity (Wildman–Crippen MR) is 131 cm³/mol. The van der Waals surface area contributed by atoms with Gasteiger partial charge in [-0.15, -0.1) is 0 Å². The van der Waals surface area contributed by atoms with Crippen molar-refractivity contribution >= 4 is 40.2 Å². The van der Waals surface area contributed by atoms with Crippen molar-refractivity contribution in [1.82, 2.24) is 9.88 Å². The highest BCUT2D eigenvalue weighted by atomic mass is 35.5. The number of anilines is 1. The Hall–Kier alpha value is -2.38. The van der Waals surface area contributed by atoms with Crippen molar-refractivity contribution in [1.29, 1.82) is 0 Å². The lowest BCUT2D eigenvalue weighted by Crippen LogP contribution is -2.41. The minimum atomic E-state index is -0.498. The summed E-state index contributed by atoms with van der Waals surface area (Å²) in [5.74, 6) is 0.867. The summed E-state index contributed by atoms with van der Waals surface area (Å²) >= 11 is 6.65. The lowest BCUT2D eigenvalue weighted by molar-refractivity contribution is -0.118. The molecule has 1 spiro atoms. The number of nitrogens with zero attached hydrogens (tertiary/aromatic N) is 2. The van der Waals surface area contributed by atoms with Crippen LogP contribution in [0.1, 0.15) is 57.9 Å². The summed E-state index contributed by atoms with van der Waals surface area (Å²) < 4.78 is 11.0. The van der Waals surface area contributed by atoms with Crippen LogP contribution in [0.3, 0.4) is 0 Å². The van der Waals surface area contributed by atoms with Crippen molar-refractivity contribution in [2.45, 2.75) is 58.0 Å². The predicted octanol–water partition coefficient (Wildman–Crippen LogP) is 5.37. The fourth-order valence-electron chi connectivity index (χ4n) is 5.25. The quantitative estimate of drug-likeness (QED) is 0.632. The molecule has 1 aliphatic carbocycles. The molecule has 3 heterocycles. The van der Waals surface area contributed by atoms with E-state index in [2.05, 4.69) is 16.4 Å². The van der Waals surface area contributed by atoms with E-state index < -0.39 is 5.60 Å². The molecule has 1 saturated carbocycles. The first-order chi connectivity index (χ1) is 16.1. The summed E-state index contributed by atoms with van der Waals surface area (Å²) in [6, 6.07) is 5.96. The number of hydrogen-bond acceptors (Lipinski definition) is 5. The van der Waals surface area contributed by atoms with Gasteiger partial charge < -0.3 is 19.7 Å². The Morgan fingerprint density at radius 3 is 2.65 bits per heavy atom. The number of aromatic nitrogens is 1. The fraction of sp³-hybridized carbons (Fsp3) is 0.577. The third kappa shape index (κ3) is 4.73. The van der Waals surface area contributed by atoms with Gasteiger partial charge in [0.1, 0.15) is 11.4 Å². The van der Waals surface area contributed by atoms with E-state index in [0.29, 0.717) is 30.5 Å². The van der Waals surface area contributed by atoms with E-state index in [9.17, 15) is 9.59 Å². The number of rotatable bonds is 3. The summed E-state index contributed by atoms with van der Waals surface area (Å²) in [7, 11) is 0. The molecule has 5 rings (SSSR count). The normalized spacial score (nSPS) is 25.1.